The van der Waals surface area contributed by atoms with E-state index in [1.165, 1.54) is 0 Å². The Morgan fingerprint density at radius 3 is 2.54 bits per heavy atom. The Kier molecular flexibility index (Phi) is 4.96. The van der Waals surface area contributed by atoms with Gasteiger partial charge in [0.1, 0.15) is 17.4 Å². The van der Waals surface area contributed by atoms with Gasteiger partial charge in [0.2, 0.25) is 5.95 Å². The topological polar surface area (TPSA) is 49.2 Å². The van der Waals surface area contributed by atoms with E-state index < -0.39 is 0 Å². The van der Waals surface area contributed by atoms with Gasteiger partial charge in [-0.25, -0.2) is 9.97 Å². The molecule has 0 spiro atoms. The molecule has 0 amide bonds. The lowest BCUT2D eigenvalue weighted by molar-refractivity contribution is -0.0895. The van der Waals surface area contributed by atoms with Crippen molar-refractivity contribution in [2.75, 3.05) is 6.61 Å². The molecule has 0 aliphatic carbocycles. The lowest BCUT2D eigenvalue weighted by Crippen LogP contribution is -2.39. The summed E-state index contributed by atoms with van der Waals surface area (Å²) in [5, 5.41) is 1.00. The number of rotatable bonds is 3. The summed E-state index contributed by atoms with van der Waals surface area (Å²) in [7, 11) is 0. The lowest BCUT2D eigenvalue weighted by Gasteiger charge is -2.35. The Bertz CT molecular complexity index is 1020. The van der Waals surface area contributed by atoms with Crippen molar-refractivity contribution in [2.45, 2.75) is 59.2 Å². The summed E-state index contributed by atoms with van der Waals surface area (Å²) in [4.78, 5) is 9.69. The number of hydrogen-bond donors (Lipinski definition) is 0. The zero-order chi connectivity index (χ0) is 20.1. The first-order valence-electron chi connectivity index (χ1n) is 9.67. The first-order chi connectivity index (χ1) is 13.2. The van der Waals surface area contributed by atoms with Crippen molar-refractivity contribution in [2.24, 2.45) is 0 Å². The fourth-order valence-electron chi connectivity index (χ4n) is 3.93. The molecule has 3 heterocycles. The fourth-order valence-corrected chi connectivity index (χ4v) is 4.37. The minimum absolute atomic E-state index is 0.107. The number of benzene rings is 1. The summed E-state index contributed by atoms with van der Waals surface area (Å²) in [6.07, 6.45) is 1.84. The van der Waals surface area contributed by atoms with Crippen LogP contribution in [0.2, 0.25) is 0 Å². The SMILES string of the molecule is Cc1nc(-n2c(C)ccc2C)nc2c(OC3CCOC(C)(C)C3)cc(Br)cc12. The zero-order valence-electron chi connectivity index (χ0n) is 17.0. The van der Waals surface area contributed by atoms with E-state index in [2.05, 4.69) is 66.4 Å². The molecule has 1 saturated heterocycles. The summed E-state index contributed by atoms with van der Waals surface area (Å²) in [5.41, 5.74) is 3.85. The van der Waals surface area contributed by atoms with Gasteiger partial charge in [0.05, 0.1) is 17.9 Å². The summed E-state index contributed by atoms with van der Waals surface area (Å²) < 4.78 is 15.3. The zero-order valence-corrected chi connectivity index (χ0v) is 18.6. The summed E-state index contributed by atoms with van der Waals surface area (Å²) in [6, 6.07) is 8.24. The highest BCUT2D eigenvalue weighted by Gasteiger charge is 2.30. The molecule has 1 atom stereocenters. The second-order valence-electron chi connectivity index (χ2n) is 8.20. The van der Waals surface area contributed by atoms with Crippen LogP contribution in [0.4, 0.5) is 0 Å². The van der Waals surface area contributed by atoms with Crippen molar-refractivity contribution in [3.63, 3.8) is 0 Å². The predicted molar refractivity (Wildman–Crippen MR) is 114 cm³/mol. The third kappa shape index (κ3) is 3.67. The molecule has 28 heavy (non-hydrogen) atoms. The van der Waals surface area contributed by atoms with Crippen molar-refractivity contribution in [3.8, 4) is 11.7 Å². The minimum atomic E-state index is -0.167. The second kappa shape index (κ2) is 7.16. The van der Waals surface area contributed by atoms with Crippen LogP contribution in [0.5, 0.6) is 5.75 Å². The smallest absolute Gasteiger partial charge is 0.235 e. The van der Waals surface area contributed by atoms with Gasteiger partial charge in [-0.05, 0) is 58.9 Å². The Labute approximate surface area is 174 Å². The van der Waals surface area contributed by atoms with Gasteiger partial charge in [0.25, 0.3) is 0 Å². The predicted octanol–water partition coefficient (Wildman–Crippen LogP) is 5.44. The van der Waals surface area contributed by atoms with Gasteiger partial charge in [-0.3, -0.25) is 4.57 Å². The van der Waals surface area contributed by atoms with Crippen molar-refractivity contribution in [3.05, 3.63) is 45.8 Å². The van der Waals surface area contributed by atoms with Gasteiger partial charge in [-0.15, -0.1) is 0 Å². The molecule has 0 saturated carbocycles. The molecular weight excluding hydrogens is 418 g/mol. The van der Waals surface area contributed by atoms with Crippen LogP contribution < -0.4 is 4.74 Å². The molecule has 0 radical (unpaired) electrons. The molecule has 3 aromatic rings. The largest absolute Gasteiger partial charge is 0.488 e. The molecule has 148 valence electrons. The third-order valence-corrected chi connectivity index (χ3v) is 5.78. The van der Waals surface area contributed by atoms with Crippen LogP contribution in [-0.2, 0) is 4.74 Å². The molecular formula is C22H26BrN3O2. The average Bonchev–Trinajstić information content (AvgIpc) is 2.93. The summed E-state index contributed by atoms with van der Waals surface area (Å²) in [6.45, 7) is 11.1. The number of aryl methyl sites for hydroxylation is 3. The van der Waals surface area contributed by atoms with E-state index >= 15 is 0 Å². The molecule has 6 heteroatoms. The summed E-state index contributed by atoms with van der Waals surface area (Å²) >= 11 is 3.62. The van der Waals surface area contributed by atoms with Crippen LogP contribution in [0.1, 0.15) is 43.8 Å². The van der Waals surface area contributed by atoms with Crippen molar-refractivity contribution >= 4 is 26.8 Å². The van der Waals surface area contributed by atoms with Gasteiger partial charge in [-0.2, -0.15) is 0 Å². The molecule has 4 rings (SSSR count). The quantitative estimate of drug-likeness (QED) is 0.540. The van der Waals surface area contributed by atoms with Crippen LogP contribution >= 0.6 is 15.9 Å². The number of fused-ring (bicyclic) bond motifs is 1. The van der Waals surface area contributed by atoms with E-state index in [9.17, 15) is 0 Å². The maximum absolute atomic E-state index is 6.46. The molecule has 2 aromatic heterocycles. The van der Waals surface area contributed by atoms with Gasteiger partial charge >= 0.3 is 0 Å². The number of nitrogens with zero attached hydrogens (tertiary/aromatic N) is 3. The lowest BCUT2D eigenvalue weighted by atomic mass is 9.96. The van der Waals surface area contributed by atoms with Crippen molar-refractivity contribution in [1.82, 2.24) is 14.5 Å². The molecule has 1 fully saturated rings. The maximum Gasteiger partial charge on any atom is 0.235 e. The van der Waals surface area contributed by atoms with Crippen molar-refractivity contribution < 1.29 is 9.47 Å². The molecule has 5 nitrogen and oxygen atoms in total. The van der Waals surface area contributed by atoms with Gasteiger partial charge in [0.15, 0.2) is 0 Å². The number of ether oxygens (including phenoxy) is 2. The molecule has 1 aliphatic heterocycles. The van der Waals surface area contributed by atoms with Gasteiger partial charge < -0.3 is 9.47 Å². The fraction of sp³-hybridized carbons (Fsp3) is 0.455. The molecule has 0 N–H and O–H groups in total. The van der Waals surface area contributed by atoms with E-state index in [1.807, 2.05) is 13.0 Å². The minimum Gasteiger partial charge on any atom is -0.488 e. The normalized spacial score (nSPS) is 19.1. The maximum atomic E-state index is 6.46. The monoisotopic (exact) mass is 443 g/mol. The third-order valence-electron chi connectivity index (χ3n) is 5.33. The number of aromatic nitrogens is 3. The van der Waals surface area contributed by atoms with E-state index in [4.69, 9.17) is 19.4 Å². The molecule has 1 unspecified atom stereocenters. The Hall–Kier alpha value is -1.92. The second-order valence-corrected chi connectivity index (χ2v) is 9.12. The molecule has 1 aromatic carbocycles. The summed E-state index contributed by atoms with van der Waals surface area (Å²) in [5.74, 6) is 1.48. The Morgan fingerprint density at radius 2 is 1.86 bits per heavy atom. The van der Waals surface area contributed by atoms with E-state index in [0.717, 1.165) is 51.0 Å². The van der Waals surface area contributed by atoms with Crippen LogP contribution in [-0.4, -0.2) is 32.8 Å². The number of halogens is 1. The van der Waals surface area contributed by atoms with E-state index in [-0.39, 0.29) is 11.7 Å². The first kappa shape index (κ1) is 19.4. The van der Waals surface area contributed by atoms with Crippen LogP contribution in [0.25, 0.3) is 16.9 Å². The van der Waals surface area contributed by atoms with E-state index in [0.29, 0.717) is 12.6 Å². The number of hydrogen-bond acceptors (Lipinski definition) is 4. The highest BCUT2D eigenvalue weighted by Crippen LogP contribution is 2.34. The van der Waals surface area contributed by atoms with Crippen LogP contribution in [0.15, 0.2) is 28.7 Å². The van der Waals surface area contributed by atoms with Gasteiger partial charge in [-0.1, -0.05) is 15.9 Å². The first-order valence-corrected chi connectivity index (χ1v) is 10.5. The Balaban J connectivity index is 1.82. The Morgan fingerprint density at radius 1 is 1.14 bits per heavy atom. The van der Waals surface area contributed by atoms with Crippen LogP contribution in [0, 0.1) is 20.8 Å². The highest BCUT2D eigenvalue weighted by atomic mass is 79.9. The standard InChI is InChI=1S/C22H26BrN3O2/c1-13-6-7-14(2)26(13)21-24-15(3)18-10-16(23)11-19(20(18)25-21)28-17-8-9-27-22(4,5)12-17/h6-7,10-11,17H,8-9,12H2,1-5H3. The van der Waals surface area contributed by atoms with Gasteiger partial charge in [0, 0.05) is 34.1 Å². The highest BCUT2D eigenvalue weighted by molar-refractivity contribution is 9.10. The average molecular weight is 444 g/mol. The van der Waals surface area contributed by atoms with Crippen LogP contribution in [0.3, 0.4) is 0 Å². The van der Waals surface area contributed by atoms with E-state index in [1.54, 1.807) is 0 Å². The molecule has 1 aliphatic rings. The van der Waals surface area contributed by atoms with Crippen molar-refractivity contribution in [1.29, 1.82) is 0 Å². The molecule has 0 bridgehead atoms.